The van der Waals surface area contributed by atoms with Gasteiger partial charge < -0.3 is 0 Å². The van der Waals surface area contributed by atoms with Crippen LogP contribution in [0, 0.1) is 29.6 Å². The molecule has 3 saturated carbocycles. The molecule has 128 valence electrons. The molecule has 0 N–H and O–H groups in total. The molecular formula is C22H40. The van der Waals surface area contributed by atoms with E-state index in [1.165, 1.54) is 25.7 Å². The smallest absolute Gasteiger partial charge is 0.0352 e. The molecule has 0 aromatic heterocycles. The first-order chi connectivity index (χ1) is 10.9. The van der Waals surface area contributed by atoms with Gasteiger partial charge in [0.2, 0.25) is 0 Å². The van der Waals surface area contributed by atoms with Crippen molar-refractivity contribution < 1.29 is 0 Å². The lowest BCUT2D eigenvalue weighted by Crippen LogP contribution is -2.36. The molecule has 0 nitrogen and oxygen atoms in total. The first-order valence-corrected chi connectivity index (χ1v) is 10.9. The van der Waals surface area contributed by atoms with Gasteiger partial charge in [-0.05, 0) is 48.9 Å². The summed E-state index contributed by atoms with van der Waals surface area (Å²) in [5, 5.41) is 0. The highest BCUT2D eigenvalue weighted by molar-refractivity contribution is 4.90. The Labute approximate surface area is 139 Å². The van der Waals surface area contributed by atoms with Gasteiger partial charge in [0.1, 0.15) is 0 Å². The third kappa shape index (κ3) is 4.09. The van der Waals surface area contributed by atoms with E-state index in [-0.39, 0.29) is 0 Å². The molecule has 0 aromatic carbocycles. The molecule has 0 bridgehead atoms. The Hall–Kier alpha value is 0. The Bertz CT molecular complexity index is 301. The molecular weight excluding hydrogens is 264 g/mol. The van der Waals surface area contributed by atoms with Crippen LogP contribution < -0.4 is 0 Å². The molecule has 0 radical (unpaired) electrons. The molecule has 0 aromatic rings. The lowest BCUT2D eigenvalue weighted by Gasteiger charge is -2.45. The SMILES string of the molecule is CCCCCC1CCCCC1C1CCCCC1C1CCCC1. The molecule has 3 aliphatic rings. The molecule has 0 spiro atoms. The summed E-state index contributed by atoms with van der Waals surface area (Å²) < 4.78 is 0. The average molecular weight is 305 g/mol. The predicted molar refractivity (Wildman–Crippen MR) is 97.0 cm³/mol. The van der Waals surface area contributed by atoms with E-state index in [1.54, 1.807) is 77.0 Å². The molecule has 0 heteroatoms. The van der Waals surface area contributed by atoms with Crippen LogP contribution in [0.15, 0.2) is 0 Å². The van der Waals surface area contributed by atoms with E-state index in [2.05, 4.69) is 6.92 Å². The Balaban J connectivity index is 1.64. The van der Waals surface area contributed by atoms with E-state index in [0.29, 0.717) is 0 Å². The van der Waals surface area contributed by atoms with Gasteiger partial charge >= 0.3 is 0 Å². The third-order valence-corrected chi connectivity index (χ3v) is 7.58. The molecule has 4 atom stereocenters. The van der Waals surface area contributed by atoms with Crippen molar-refractivity contribution in [2.45, 2.75) is 110 Å². The second-order valence-electron chi connectivity index (χ2n) is 8.86. The predicted octanol–water partition coefficient (Wildman–Crippen LogP) is 7.37. The fraction of sp³-hybridized carbons (Fsp3) is 1.00. The van der Waals surface area contributed by atoms with Crippen molar-refractivity contribution in [2.24, 2.45) is 29.6 Å². The van der Waals surface area contributed by atoms with Crippen molar-refractivity contribution in [1.82, 2.24) is 0 Å². The van der Waals surface area contributed by atoms with Gasteiger partial charge in [0.15, 0.2) is 0 Å². The number of rotatable bonds is 6. The quantitative estimate of drug-likeness (QED) is 0.449. The monoisotopic (exact) mass is 304 g/mol. The topological polar surface area (TPSA) is 0 Å². The lowest BCUT2D eigenvalue weighted by molar-refractivity contribution is 0.0478. The van der Waals surface area contributed by atoms with Crippen molar-refractivity contribution in [1.29, 1.82) is 0 Å². The van der Waals surface area contributed by atoms with Gasteiger partial charge in [-0.3, -0.25) is 0 Å². The summed E-state index contributed by atoms with van der Waals surface area (Å²) in [5.74, 6) is 5.61. The Kier molecular flexibility index (Phi) is 6.69. The normalized spacial score (nSPS) is 37.5. The largest absolute Gasteiger partial charge is 0.0654 e. The van der Waals surface area contributed by atoms with E-state index < -0.39 is 0 Å². The van der Waals surface area contributed by atoms with E-state index in [1.807, 2.05) is 0 Å². The summed E-state index contributed by atoms with van der Waals surface area (Å²) in [4.78, 5) is 0. The fourth-order valence-corrected chi connectivity index (χ4v) is 6.51. The maximum atomic E-state index is 2.36. The first kappa shape index (κ1) is 16.8. The highest BCUT2D eigenvalue weighted by Gasteiger charge is 2.40. The molecule has 4 unspecified atom stereocenters. The summed E-state index contributed by atoms with van der Waals surface area (Å²) >= 11 is 0. The summed E-state index contributed by atoms with van der Waals surface area (Å²) in [6.07, 6.45) is 24.7. The van der Waals surface area contributed by atoms with Crippen LogP contribution in [0.2, 0.25) is 0 Å². The lowest BCUT2D eigenvalue weighted by atomic mass is 9.60. The van der Waals surface area contributed by atoms with Crippen molar-refractivity contribution in [2.75, 3.05) is 0 Å². The minimum Gasteiger partial charge on any atom is -0.0654 e. The molecule has 0 amide bonds. The molecule has 0 saturated heterocycles. The van der Waals surface area contributed by atoms with Gasteiger partial charge in [0.25, 0.3) is 0 Å². The van der Waals surface area contributed by atoms with Gasteiger partial charge in [-0.2, -0.15) is 0 Å². The Morgan fingerprint density at radius 2 is 1.18 bits per heavy atom. The van der Waals surface area contributed by atoms with Crippen LogP contribution in [0.4, 0.5) is 0 Å². The van der Waals surface area contributed by atoms with Crippen LogP contribution in [0.5, 0.6) is 0 Å². The zero-order valence-corrected chi connectivity index (χ0v) is 15.2. The summed E-state index contributed by atoms with van der Waals surface area (Å²) in [7, 11) is 0. The minimum absolute atomic E-state index is 1.10. The van der Waals surface area contributed by atoms with Crippen molar-refractivity contribution >= 4 is 0 Å². The van der Waals surface area contributed by atoms with Crippen LogP contribution in [0.25, 0.3) is 0 Å². The number of hydrogen-bond acceptors (Lipinski definition) is 0. The Morgan fingerprint density at radius 3 is 1.91 bits per heavy atom. The summed E-state index contributed by atoms with van der Waals surface area (Å²) in [5.41, 5.74) is 0. The highest BCUT2D eigenvalue weighted by atomic mass is 14.5. The minimum atomic E-state index is 1.10. The third-order valence-electron chi connectivity index (χ3n) is 7.58. The summed E-state index contributed by atoms with van der Waals surface area (Å²) in [6.45, 7) is 2.36. The highest BCUT2D eigenvalue weighted by Crippen LogP contribution is 2.50. The second kappa shape index (κ2) is 8.74. The second-order valence-corrected chi connectivity index (χ2v) is 8.86. The molecule has 22 heavy (non-hydrogen) atoms. The van der Waals surface area contributed by atoms with Crippen molar-refractivity contribution in [3.63, 3.8) is 0 Å². The van der Waals surface area contributed by atoms with Gasteiger partial charge in [0, 0.05) is 0 Å². The molecule has 0 heterocycles. The average Bonchev–Trinajstić information content (AvgIpc) is 3.10. The number of unbranched alkanes of at least 4 members (excludes halogenated alkanes) is 2. The Morgan fingerprint density at radius 1 is 0.591 bits per heavy atom. The van der Waals surface area contributed by atoms with Crippen LogP contribution in [0.3, 0.4) is 0 Å². The van der Waals surface area contributed by atoms with Crippen molar-refractivity contribution in [3.05, 3.63) is 0 Å². The van der Waals surface area contributed by atoms with Gasteiger partial charge in [-0.25, -0.2) is 0 Å². The maximum absolute atomic E-state index is 2.36. The van der Waals surface area contributed by atoms with Crippen LogP contribution in [-0.2, 0) is 0 Å². The first-order valence-electron chi connectivity index (χ1n) is 10.9. The van der Waals surface area contributed by atoms with E-state index >= 15 is 0 Å². The molecule has 3 aliphatic carbocycles. The summed E-state index contributed by atoms with van der Waals surface area (Å²) in [6, 6.07) is 0. The van der Waals surface area contributed by atoms with Gasteiger partial charge in [-0.15, -0.1) is 0 Å². The van der Waals surface area contributed by atoms with Crippen LogP contribution in [0.1, 0.15) is 110 Å². The van der Waals surface area contributed by atoms with Gasteiger partial charge in [-0.1, -0.05) is 90.4 Å². The number of hydrogen-bond donors (Lipinski definition) is 0. The molecule has 3 fully saturated rings. The van der Waals surface area contributed by atoms with Crippen LogP contribution >= 0.6 is 0 Å². The zero-order valence-electron chi connectivity index (χ0n) is 15.2. The fourth-order valence-electron chi connectivity index (χ4n) is 6.51. The molecule has 0 aliphatic heterocycles. The zero-order chi connectivity index (χ0) is 15.2. The maximum Gasteiger partial charge on any atom is -0.0352 e. The van der Waals surface area contributed by atoms with Gasteiger partial charge in [0.05, 0.1) is 0 Å². The standard InChI is InChI=1S/C22H40/c1-2-3-4-11-18-14-7-8-15-20(18)22-17-10-9-16-21(22)19-12-5-6-13-19/h18-22H,2-17H2,1H3. The molecule has 3 rings (SSSR count). The van der Waals surface area contributed by atoms with E-state index in [0.717, 1.165) is 29.6 Å². The van der Waals surface area contributed by atoms with E-state index in [4.69, 9.17) is 0 Å². The van der Waals surface area contributed by atoms with Crippen molar-refractivity contribution in [3.8, 4) is 0 Å². The van der Waals surface area contributed by atoms with Crippen LogP contribution in [-0.4, -0.2) is 0 Å². The van der Waals surface area contributed by atoms with E-state index in [9.17, 15) is 0 Å².